The maximum atomic E-state index is 13.1. The molecule has 6 heteroatoms. The largest absolute Gasteiger partial charge is 0.457 e. The van der Waals surface area contributed by atoms with Crippen molar-refractivity contribution in [1.82, 2.24) is 0 Å². The highest BCUT2D eigenvalue weighted by Crippen LogP contribution is 2.53. The van der Waals surface area contributed by atoms with Crippen LogP contribution in [0.25, 0.3) is 0 Å². The lowest BCUT2D eigenvalue weighted by Gasteiger charge is -2.18. The highest BCUT2D eigenvalue weighted by atomic mass is 16.5. The molecule has 1 aliphatic heterocycles. The molecule has 34 heavy (non-hydrogen) atoms. The van der Waals surface area contributed by atoms with E-state index in [1.54, 1.807) is 48.5 Å². The number of carbonyl (C=O) groups excluding carboxylic acids is 3. The predicted molar refractivity (Wildman–Crippen MR) is 128 cm³/mol. The lowest BCUT2D eigenvalue weighted by molar-refractivity contribution is -0.123. The minimum absolute atomic E-state index is 0.150. The van der Waals surface area contributed by atoms with Gasteiger partial charge in [-0.05, 0) is 72.9 Å². The number of nitrogens with one attached hydrogen (secondary N) is 1. The third-order valence-electron chi connectivity index (χ3n) is 6.93. The van der Waals surface area contributed by atoms with Gasteiger partial charge < -0.3 is 10.1 Å². The molecule has 2 aliphatic carbocycles. The number of fused-ring (bicyclic) bond motifs is 5. The lowest BCUT2D eigenvalue weighted by atomic mass is 9.85. The zero-order chi connectivity index (χ0) is 23.2. The number of carbonyl (C=O) groups is 3. The Labute approximate surface area is 196 Å². The number of hydrogen-bond donors (Lipinski definition) is 1. The summed E-state index contributed by atoms with van der Waals surface area (Å²) in [7, 11) is 0. The van der Waals surface area contributed by atoms with Crippen LogP contribution in [0.5, 0.6) is 11.5 Å². The Bertz CT molecular complexity index is 1290. The number of benzene rings is 3. The van der Waals surface area contributed by atoms with Crippen molar-refractivity contribution < 1.29 is 19.1 Å². The van der Waals surface area contributed by atoms with Crippen molar-refractivity contribution in [2.45, 2.75) is 6.42 Å². The van der Waals surface area contributed by atoms with Crippen LogP contribution in [0.15, 0.2) is 91.0 Å². The van der Waals surface area contributed by atoms with Crippen molar-refractivity contribution in [1.29, 1.82) is 0 Å². The van der Waals surface area contributed by atoms with E-state index in [2.05, 4.69) is 17.5 Å². The van der Waals surface area contributed by atoms with Crippen molar-refractivity contribution >= 4 is 29.1 Å². The fraction of sp³-hybridized carbons (Fsp3) is 0.179. The Morgan fingerprint density at radius 1 is 0.794 bits per heavy atom. The Morgan fingerprint density at radius 2 is 1.44 bits per heavy atom. The Morgan fingerprint density at radius 3 is 2.12 bits per heavy atom. The molecule has 3 amide bonds. The molecule has 2 fully saturated rings. The zero-order valence-corrected chi connectivity index (χ0v) is 18.3. The van der Waals surface area contributed by atoms with Crippen LogP contribution in [-0.2, 0) is 9.59 Å². The molecule has 168 valence electrons. The number of para-hydroxylation sites is 1. The van der Waals surface area contributed by atoms with Gasteiger partial charge in [0.1, 0.15) is 11.5 Å². The monoisotopic (exact) mass is 450 g/mol. The average molecular weight is 450 g/mol. The molecule has 0 spiro atoms. The van der Waals surface area contributed by atoms with Gasteiger partial charge in [-0.1, -0.05) is 36.4 Å². The summed E-state index contributed by atoms with van der Waals surface area (Å²) < 4.78 is 5.78. The van der Waals surface area contributed by atoms with Crippen LogP contribution in [0.2, 0.25) is 0 Å². The van der Waals surface area contributed by atoms with Gasteiger partial charge in [-0.3, -0.25) is 14.4 Å². The normalized spacial score (nSPS) is 24.4. The van der Waals surface area contributed by atoms with Crippen LogP contribution in [-0.4, -0.2) is 17.7 Å². The van der Waals surface area contributed by atoms with E-state index in [0.29, 0.717) is 22.7 Å². The summed E-state index contributed by atoms with van der Waals surface area (Å²) in [5.41, 5.74) is 1.44. The van der Waals surface area contributed by atoms with E-state index in [4.69, 9.17) is 4.74 Å². The van der Waals surface area contributed by atoms with Gasteiger partial charge in [0.25, 0.3) is 5.91 Å². The number of hydrogen-bond acceptors (Lipinski definition) is 4. The Hall–Kier alpha value is -4.19. The van der Waals surface area contributed by atoms with Gasteiger partial charge in [-0.25, -0.2) is 4.90 Å². The van der Waals surface area contributed by atoms with Gasteiger partial charge in [-0.15, -0.1) is 0 Å². The van der Waals surface area contributed by atoms with Gasteiger partial charge in [0.05, 0.1) is 17.5 Å². The average Bonchev–Trinajstić information content (AvgIpc) is 3.55. The topological polar surface area (TPSA) is 75.7 Å². The number of anilines is 2. The Balaban J connectivity index is 1.16. The first-order valence-electron chi connectivity index (χ1n) is 11.4. The molecule has 6 rings (SSSR count). The van der Waals surface area contributed by atoms with Gasteiger partial charge in [0, 0.05) is 11.3 Å². The third-order valence-corrected chi connectivity index (χ3v) is 6.93. The first-order chi connectivity index (χ1) is 16.6. The van der Waals surface area contributed by atoms with Crippen molar-refractivity contribution in [3.05, 3.63) is 96.6 Å². The number of rotatable bonds is 5. The van der Waals surface area contributed by atoms with Crippen molar-refractivity contribution in [2.24, 2.45) is 23.7 Å². The maximum absolute atomic E-state index is 13.1. The number of amides is 3. The second-order valence-corrected chi connectivity index (χ2v) is 8.96. The van der Waals surface area contributed by atoms with Gasteiger partial charge >= 0.3 is 0 Å². The molecule has 3 aliphatic rings. The minimum Gasteiger partial charge on any atom is -0.457 e. The molecule has 0 radical (unpaired) electrons. The van der Waals surface area contributed by atoms with Crippen molar-refractivity contribution in [3.63, 3.8) is 0 Å². The minimum atomic E-state index is -0.320. The number of imide groups is 1. The molecule has 1 N–H and O–H groups in total. The number of ether oxygens (including phenoxy) is 1. The molecule has 1 heterocycles. The first kappa shape index (κ1) is 20.4. The highest BCUT2D eigenvalue weighted by molar-refractivity contribution is 6.23. The van der Waals surface area contributed by atoms with Crippen LogP contribution in [0.1, 0.15) is 16.8 Å². The quantitative estimate of drug-likeness (QED) is 0.436. The van der Waals surface area contributed by atoms with Crippen LogP contribution in [0, 0.1) is 23.7 Å². The molecule has 1 saturated carbocycles. The van der Waals surface area contributed by atoms with Gasteiger partial charge in [0.2, 0.25) is 11.8 Å². The molecule has 0 unspecified atom stereocenters. The zero-order valence-electron chi connectivity index (χ0n) is 18.3. The fourth-order valence-electron chi connectivity index (χ4n) is 5.38. The highest BCUT2D eigenvalue weighted by Gasteiger charge is 2.59. The molecule has 4 atom stereocenters. The molecule has 3 aromatic carbocycles. The standard InChI is InChI=1S/C28H22N2O4/c31-26(29-20-11-13-23(14-12-20)34-22-7-2-1-3-8-22)19-5-4-6-21(16-19)30-27(32)24-17-9-10-18(15-17)25(24)28(30)33/h1-14,16-18,24-25H,15H2,(H,29,31)/t17-,18+,24-,25+. The summed E-state index contributed by atoms with van der Waals surface area (Å²) >= 11 is 0. The third kappa shape index (κ3) is 3.39. The van der Waals surface area contributed by atoms with Crippen LogP contribution >= 0.6 is 0 Å². The smallest absolute Gasteiger partial charge is 0.255 e. The van der Waals surface area contributed by atoms with E-state index in [1.807, 2.05) is 30.3 Å². The fourth-order valence-corrected chi connectivity index (χ4v) is 5.38. The Kier molecular flexibility index (Phi) is 4.80. The summed E-state index contributed by atoms with van der Waals surface area (Å²) in [5.74, 6) is 0.527. The number of allylic oxidation sites excluding steroid dienone is 2. The molecule has 3 aromatic rings. The van der Waals surface area contributed by atoms with E-state index in [0.717, 1.165) is 12.2 Å². The molecule has 2 bridgehead atoms. The van der Waals surface area contributed by atoms with E-state index in [9.17, 15) is 14.4 Å². The second kappa shape index (κ2) is 7.99. The van der Waals surface area contributed by atoms with Gasteiger partial charge in [0.15, 0.2) is 0 Å². The van der Waals surface area contributed by atoms with Crippen LogP contribution in [0.4, 0.5) is 11.4 Å². The van der Waals surface area contributed by atoms with E-state index in [-0.39, 0.29) is 41.4 Å². The van der Waals surface area contributed by atoms with E-state index in [1.165, 1.54) is 4.90 Å². The SMILES string of the molecule is O=C(Nc1ccc(Oc2ccccc2)cc1)c1cccc(N2C(=O)[C@@H]3[C@H](C2=O)[C@@H]2C=C[C@H]3C2)c1. The van der Waals surface area contributed by atoms with Crippen LogP contribution in [0.3, 0.4) is 0 Å². The van der Waals surface area contributed by atoms with E-state index < -0.39 is 0 Å². The molecule has 1 saturated heterocycles. The number of nitrogens with zero attached hydrogens (tertiary/aromatic N) is 1. The predicted octanol–water partition coefficient (Wildman–Crippen LogP) is 5.04. The summed E-state index contributed by atoms with van der Waals surface area (Å²) in [6.45, 7) is 0. The molecular formula is C28H22N2O4. The summed E-state index contributed by atoms with van der Waals surface area (Å²) in [5, 5.41) is 2.86. The first-order valence-corrected chi connectivity index (χ1v) is 11.4. The van der Waals surface area contributed by atoms with Gasteiger partial charge in [-0.2, -0.15) is 0 Å². The van der Waals surface area contributed by atoms with Crippen molar-refractivity contribution in [3.8, 4) is 11.5 Å². The molecule has 0 aromatic heterocycles. The lowest BCUT2D eigenvalue weighted by Crippen LogP contribution is -2.33. The summed E-state index contributed by atoms with van der Waals surface area (Å²) in [6, 6.07) is 23.2. The van der Waals surface area contributed by atoms with Crippen molar-refractivity contribution in [2.75, 3.05) is 10.2 Å². The van der Waals surface area contributed by atoms with E-state index >= 15 is 0 Å². The van der Waals surface area contributed by atoms with Crippen LogP contribution < -0.4 is 15.0 Å². The summed E-state index contributed by atoms with van der Waals surface area (Å²) in [6.07, 6.45) is 5.03. The molecular weight excluding hydrogens is 428 g/mol. The summed E-state index contributed by atoms with van der Waals surface area (Å²) in [4.78, 5) is 40.3. The second-order valence-electron chi connectivity index (χ2n) is 8.96. The maximum Gasteiger partial charge on any atom is 0.255 e. The molecule has 6 nitrogen and oxygen atoms in total.